The minimum Gasteiger partial charge on any atom is -0.317 e. The summed E-state index contributed by atoms with van der Waals surface area (Å²) in [7, 11) is 0. The second kappa shape index (κ2) is 4.78. The van der Waals surface area contributed by atoms with Crippen LogP contribution in [0.3, 0.4) is 0 Å². The molecule has 1 atom stereocenters. The summed E-state index contributed by atoms with van der Waals surface area (Å²) in [5.74, 6) is -1.01. The normalized spacial score (nSPS) is 12.8. The smallest absolute Gasteiger partial charge is 0.317 e. The summed E-state index contributed by atoms with van der Waals surface area (Å²) in [6.07, 6.45) is -1.12. The van der Waals surface area contributed by atoms with Gasteiger partial charge in [0.05, 0.1) is 0 Å². The van der Waals surface area contributed by atoms with Gasteiger partial charge in [-0.25, -0.2) is 4.79 Å². The zero-order chi connectivity index (χ0) is 9.72. The molecule has 0 aliphatic carbocycles. The van der Waals surface area contributed by atoms with E-state index in [-0.39, 0.29) is 5.91 Å². The highest BCUT2D eigenvalue weighted by Gasteiger charge is 2.15. The first-order valence-electron chi connectivity index (χ1n) is 3.39. The summed E-state index contributed by atoms with van der Waals surface area (Å²) in [5.41, 5.74) is 18.3. The second-order valence-electron chi connectivity index (χ2n) is 2.37. The van der Waals surface area contributed by atoms with Crippen LogP contribution in [-0.2, 0) is 9.59 Å². The van der Waals surface area contributed by atoms with Crippen LogP contribution in [0.1, 0.15) is 6.92 Å². The third-order valence-corrected chi connectivity index (χ3v) is 1.11. The largest absolute Gasteiger partial charge is 0.351 e. The Bertz CT molecular complexity index is 159. The van der Waals surface area contributed by atoms with Gasteiger partial charge in [-0.3, -0.25) is 4.79 Å². The zero-order valence-corrected chi connectivity index (χ0v) is 6.78. The van der Waals surface area contributed by atoms with Gasteiger partial charge in [-0.05, 0) is 6.92 Å². The van der Waals surface area contributed by atoms with Crippen LogP contribution in [-0.4, -0.2) is 24.0 Å². The maximum atomic E-state index is 10.8. The first kappa shape index (κ1) is 11.0. The third-order valence-electron chi connectivity index (χ3n) is 1.11. The molecule has 0 aliphatic rings. The van der Waals surface area contributed by atoms with E-state index in [4.69, 9.17) is 17.2 Å². The van der Waals surface area contributed by atoms with Crippen LogP contribution in [0.15, 0.2) is 0 Å². The average molecular weight is 176 g/mol. The molecule has 0 rings (SSSR count). The molecule has 2 amide bonds. The third kappa shape index (κ3) is 3.98. The zero-order valence-electron chi connectivity index (χ0n) is 6.78. The minimum atomic E-state index is -1.12. The van der Waals surface area contributed by atoms with Crippen LogP contribution < -0.4 is 28.1 Å². The molecule has 0 aromatic carbocycles. The molecule has 0 heterocycles. The summed E-state index contributed by atoms with van der Waals surface area (Å²) in [6.45, 7) is 1.51. The quantitative estimate of drug-likeness (QED) is 0.125. The van der Waals surface area contributed by atoms with Crippen LogP contribution in [0.5, 0.6) is 0 Å². The lowest BCUT2D eigenvalue weighted by Gasteiger charge is -2.05. The van der Waals surface area contributed by atoms with Gasteiger partial charge >= 0.3 is 5.91 Å². The number of primary amides is 1. The van der Waals surface area contributed by atoms with E-state index >= 15 is 0 Å². The van der Waals surface area contributed by atoms with E-state index in [0.717, 1.165) is 5.43 Å². The topological polar surface area (TPSA) is 141 Å². The van der Waals surface area contributed by atoms with E-state index in [0.29, 0.717) is 0 Å². The highest BCUT2D eigenvalue weighted by atomic mass is 16.2. The van der Waals surface area contributed by atoms with Crippen LogP contribution in [0, 0.1) is 0 Å². The van der Waals surface area contributed by atoms with Crippen molar-refractivity contribution in [3.63, 3.8) is 0 Å². The summed E-state index contributed by atoms with van der Waals surface area (Å²) in [6, 6.07) is -0.640. The highest BCUT2D eigenvalue weighted by molar-refractivity contribution is 5.80. The lowest BCUT2D eigenvalue weighted by molar-refractivity contribution is -0.615. The van der Waals surface area contributed by atoms with E-state index < -0.39 is 18.1 Å². The number of nitrogens with one attached hydrogen (secondary N) is 1. The fraction of sp³-hybridized carbons (Fsp3) is 0.600. The molecular weight excluding hydrogens is 162 g/mol. The van der Waals surface area contributed by atoms with E-state index in [9.17, 15) is 9.59 Å². The summed E-state index contributed by atoms with van der Waals surface area (Å²) >= 11 is 0. The number of amides is 2. The lowest BCUT2D eigenvalue weighted by atomic mass is 10.3. The second-order valence-corrected chi connectivity index (χ2v) is 2.37. The average Bonchev–Trinajstić information content (AvgIpc) is 1.98. The Hall–Kier alpha value is -1.02. The predicted octanol–water partition coefficient (Wildman–Crippen LogP) is -4.30. The molecule has 7 heteroatoms. The fourth-order valence-electron chi connectivity index (χ4n) is 0.370. The molecule has 0 fully saturated rings. The highest BCUT2D eigenvalue weighted by Crippen LogP contribution is 1.65. The molecule has 0 spiro atoms. The van der Waals surface area contributed by atoms with Crippen molar-refractivity contribution in [1.82, 2.24) is 5.43 Å². The molecule has 1 unspecified atom stereocenters. The molecule has 0 bridgehead atoms. The molecule has 0 aromatic rings. The molecule has 9 N–H and O–H groups in total. The van der Waals surface area contributed by atoms with Gasteiger partial charge in [0.25, 0.3) is 5.91 Å². The number of rotatable bonds is 2. The van der Waals surface area contributed by atoms with Crippen LogP contribution in [0.2, 0.25) is 0 Å². The SMILES string of the molecule is CC(N)C(=O)[NH2+]NC(=O)C(N)N. The maximum Gasteiger partial charge on any atom is 0.351 e. The standard InChI is InChI=1S/C5H13N5O2/c1-2(6)4(11)9-10-5(12)3(7)8/h2-3H,6-8H2,1H3,(H,9,11)(H,10,12)/p+1. The number of carbonyl (C=O) groups is 2. The van der Waals surface area contributed by atoms with Crippen molar-refractivity contribution in [2.45, 2.75) is 19.1 Å². The van der Waals surface area contributed by atoms with Crippen molar-refractivity contribution in [2.75, 3.05) is 0 Å². The summed E-state index contributed by atoms with van der Waals surface area (Å²) in [4.78, 5) is 21.5. The molecule has 0 radical (unpaired) electrons. The lowest BCUT2D eigenvalue weighted by Crippen LogP contribution is -3.00. The molecular formula is C5H14N5O2+. The Balaban J connectivity index is 3.69. The monoisotopic (exact) mass is 176 g/mol. The molecule has 0 saturated carbocycles. The van der Waals surface area contributed by atoms with E-state index in [1.54, 1.807) is 0 Å². The van der Waals surface area contributed by atoms with Crippen molar-refractivity contribution in [3.05, 3.63) is 0 Å². The summed E-state index contributed by atoms with van der Waals surface area (Å²) < 4.78 is 0. The molecule has 0 aromatic heterocycles. The fourth-order valence-corrected chi connectivity index (χ4v) is 0.370. The predicted molar refractivity (Wildman–Crippen MR) is 40.9 cm³/mol. The number of quaternary nitrogens is 1. The number of hydrogen-bond donors (Lipinski definition) is 5. The van der Waals surface area contributed by atoms with Gasteiger partial charge < -0.3 is 17.2 Å². The van der Waals surface area contributed by atoms with E-state index in [2.05, 4.69) is 5.43 Å². The Morgan fingerprint density at radius 1 is 1.33 bits per heavy atom. The first-order chi connectivity index (χ1) is 5.45. The van der Waals surface area contributed by atoms with Crippen molar-refractivity contribution in [2.24, 2.45) is 17.2 Å². The van der Waals surface area contributed by atoms with Crippen molar-refractivity contribution < 1.29 is 15.0 Å². The number of nitrogens with two attached hydrogens (primary N) is 4. The van der Waals surface area contributed by atoms with Gasteiger partial charge in [-0.1, -0.05) is 0 Å². The van der Waals surface area contributed by atoms with Crippen molar-refractivity contribution in [1.29, 1.82) is 0 Å². The van der Waals surface area contributed by atoms with Gasteiger partial charge in [0.15, 0.2) is 0 Å². The molecule has 7 nitrogen and oxygen atoms in total. The van der Waals surface area contributed by atoms with Gasteiger partial charge in [0, 0.05) is 0 Å². The maximum absolute atomic E-state index is 10.8. The molecule has 12 heavy (non-hydrogen) atoms. The Morgan fingerprint density at radius 3 is 2.17 bits per heavy atom. The van der Waals surface area contributed by atoms with Gasteiger partial charge in [0.1, 0.15) is 12.2 Å². The number of carbonyl (C=O) groups excluding carboxylic acids is 2. The Labute approximate surface area is 69.6 Å². The molecule has 0 aliphatic heterocycles. The first-order valence-corrected chi connectivity index (χ1v) is 3.39. The van der Waals surface area contributed by atoms with Crippen molar-refractivity contribution in [3.8, 4) is 0 Å². The van der Waals surface area contributed by atoms with E-state index in [1.807, 2.05) is 0 Å². The Morgan fingerprint density at radius 2 is 1.83 bits per heavy atom. The van der Waals surface area contributed by atoms with Gasteiger partial charge in [-0.2, -0.15) is 10.9 Å². The van der Waals surface area contributed by atoms with Crippen LogP contribution >= 0.6 is 0 Å². The number of hydrogen-bond acceptors (Lipinski definition) is 5. The Kier molecular flexibility index (Phi) is 4.37. The van der Waals surface area contributed by atoms with Gasteiger partial charge in [0.2, 0.25) is 0 Å². The van der Waals surface area contributed by atoms with E-state index in [1.165, 1.54) is 6.92 Å². The minimum absolute atomic E-state index is 0.385. The van der Waals surface area contributed by atoms with Gasteiger partial charge in [-0.15, -0.1) is 0 Å². The van der Waals surface area contributed by atoms with Crippen LogP contribution in [0.25, 0.3) is 0 Å². The molecule has 0 saturated heterocycles. The van der Waals surface area contributed by atoms with Crippen molar-refractivity contribution >= 4 is 11.8 Å². The molecule has 70 valence electrons. The summed E-state index contributed by atoms with van der Waals surface area (Å²) in [5, 5.41) is 0. The van der Waals surface area contributed by atoms with Crippen LogP contribution in [0.4, 0.5) is 0 Å².